The summed E-state index contributed by atoms with van der Waals surface area (Å²) in [6.45, 7) is 0. The first kappa shape index (κ1) is 20.2. The minimum atomic E-state index is -2.24. The molecule has 0 aliphatic heterocycles. The van der Waals surface area contributed by atoms with E-state index in [0.29, 0.717) is 0 Å². The Morgan fingerprint density at radius 1 is 0.588 bits per heavy atom. The monoisotopic (exact) mass is 460 g/mol. The van der Waals surface area contributed by atoms with Crippen LogP contribution in [0.2, 0.25) is 0 Å². The van der Waals surface area contributed by atoms with Crippen LogP contribution in [0.25, 0.3) is 0 Å². The van der Waals surface area contributed by atoms with Crippen LogP contribution in [0.1, 0.15) is 0 Å². The van der Waals surface area contributed by atoms with Crippen molar-refractivity contribution in [2.75, 3.05) is 0 Å². The largest absolute Gasteiger partial charge is 0.187 e. The highest BCUT2D eigenvalue weighted by Gasteiger charge is 2.66. The van der Waals surface area contributed by atoms with Crippen molar-refractivity contribution < 1.29 is 0 Å². The maximum absolute atomic E-state index is 5.92. The third-order valence-electron chi connectivity index (χ3n) is 1.68. The molecule has 0 saturated heterocycles. The predicted octanol–water partition coefficient (Wildman–Crippen LogP) is 6.72. The Labute approximate surface area is 154 Å². The first-order valence-electron chi connectivity index (χ1n) is 3.64. The van der Waals surface area contributed by atoms with Gasteiger partial charge in [-0.1, -0.05) is 69.6 Å². The number of hydrogen-bond acceptors (Lipinski definition) is 0. The molecular formula is C6H3Cl11. The van der Waals surface area contributed by atoms with Crippen LogP contribution >= 0.6 is 128 Å². The van der Waals surface area contributed by atoms with Crippen LogP contribution in [0.3, 0.4) is 0 Å². The van der Waals surface area contributed by atoms with E-state index in [1.807, 2.05) is 0 Å². The fourth-order valence-electron chi connectivity index (χ4n) is 0.691. The standard InChI is InChI=1S/C6H3Cl11/c7-1(2(8)9)4(12,13)6(16,17)5(14,15)3(10)11/h1-3H. The summed E-state index contributed by atoms with van der Waals surface area (Å²) < 4.78 is -6.47. The fraction of sp³-hybridized carbons (Fsp3) is 1.00. The quantitative estimate of drug-likeness (QED) is 0.396. The second-order valence-electron chi connectivity index (χ2n) is 2.86. The van der Waals surface area contributed by atoms with Crippen LogP contribution in [-0.2, 0) is 0 Å². The number of halogens is 11. The topological polar surface area (TPSA) is 0 Å². The van der Waals surface area contributed by atoms with Gasteiger partial charge in [0.15, 0.2) is 13.0 Å². The van der Waals surface area contributed by atoms with E-state index in [-0.39, 0.29) is 0 Å². The van der Waals surface area contributed by atoms with Gasteiger partial charge in [0.1, 0.15) is 9.67 Å². The molecule has 0 radical (unpaired) electrons. The highest BCUT2D eigenvalue weighted by Crippen LogP contribution is 2.60. The molecule has 0 spiro atoms. The fourth-order valence-corrected chi connectivity index (χ4v) is 3.65. The Kier molecular flexibility index (Phi) is 8.27. The van der Waals surface area contributed by atoms with Crippen LogP contribution < -0.4 is 0 Å². The normalized spacial score (nSPS) is 16.8. The first-order chi connectivity index (χ1) is 7.30. The Morgan fingerprint density at radius 3 is 1.18 bits per heavy atom. The molecule has 0 N–H and O–H groups in total. The van der Waals surface area contributed by atoms with Crippen molar-refractivity contribution in [3.8, 4) is 0 Å². The van der Waals surface area contributed by atoms with Crippen LogP contribution in [0.4, 0.5) is 0 Å². The lowest BCUT2D eigenvalue weighted by atomic mass is 10.1. The third-order valence-corrected chi connectivity index (χ3v) is 8.35. The Balaban J connectivity index is 5.44. The molecule has 1 atom stereocenters. The van der Waals surface area contributed by atoms with Gasteiger partial charge in [0.2, 0.25) is 0 Å². The van der Waals surface area contributed by atoms with Gasteiger partial charge in [-0.2, -0.15) is 0 Å². The summed E-state index contributed by atoms with van der Waals surface area (Å²) in [5.74, 6) is 0. The third kappa shape index (κ3) is 4.10. The van der Waals surface area contributed by atoms with Gasteiger partial charge in [-0.05, 0) is 0 Å². The van der Waals surface area contributed by atoms with Gasteiger partial charge in [-0.3, -0.25) is 0 Å². The molecule has 0 rings (SSSR count). The first-order valence-corrected chi connectivity index (χ1v) is 8.09. The zero-order valence-electron chi connectivity index (χ0n) is 7.39. The van der Waals surface area contributed by atoms with Gasteiger partial charge < -0.3 is 0 Å². The second kappa shape index (κ2) is 6.97. The lowest BCUT2D eigenvalue weighted by molar-refractivity contribution is 0.580. The maximum atomic E-state index is 5.92. The van der Waals surface area contributed by atoms with Crippen LogP contribution in [-0.4, -0.2) is 28.0 Å². The molecule has 0 amide bonds. The smallest absolute Gasteiger partial charge is 0.117 e. The van der Waals surface area contributed by atoms with Crippen molar-refractivity contribution in [2.24, 2.45) is 0 Å². The maximum Gasteiger partial charge on any atom is 0.187 e. The van der Waals surface area contributed by atoms with Crippen molar-refractivity contribution in [1.29, 1.82) is 0 Å². The lowest BCUT2D eigenvalue weighted by Gasteiger charge is -2.43. The van der Waals surface area contributed by atoms with E-state index in [2.05, 4.69) is 0 Å². The molecule has 0 nitrogen and oxygen atoms in total. The van der Waals surface area contributed by atoms with Crippen molar-refractivity contribution >= 4 is 128 Å². The van der Waals surface area contributed by atoms with E-state index < -0.39 is 28.0 Å². The van der Waals surface area contributed by atoms with Crippen LogP contribution in [0.5, 0.6) is 0 Å². The molecule has 0 aliphatic rings. The van der Waals surface area contributed by atoms with Crippen molar-refractivity contribution in [3.05, 3.63) is 0 Å². The second-order valence-corrected chi connectivity index (χ2v) is 9.69. The molecule has 0 aromatic carbocycles. The number of hydrogen-bond donors (Lipinski definition) is 0. The zero-order valence-corrected chi connectivity index (χ0v) is 15.7. The molecule has 0 heterocycles. The van der Waals surface area contributed by atoms with E-state index in [1.165, 1.54) is 0 Å². The van der Waals surface area contributed by atoms with Gasteiger partial charge in [-0.15, -0.1) is 58.0 Å². The van der Waals surface area contributed by atoms with Gasteiger partial charge in [-0.25, -0.2) is 0 Å². The lowest BCUT2D eigenvalue weighted by Crippen LogP contribution is -2.57. The number of rotatable bonds is 5. The molecule has 1 unspecified atom stereocenters. The van der Waals surface area contributed by atoms with Crippen molar-refractivity contribution in [1.82, 2.24) is 0 Å². The molecule has 17 heavy (non-hydrogen) atoms. The van der Waals surface area contributed by atoms with Gasteiger partial charge in [0.05, 0.1) is 5.38 Å². The van der Waals surface area contributed by atoms with Gasteiger partial charge >= 0.3 is 0 Å². The van der Waals surface area contributed by atoms with E-state index in [9.17, 15) is 0 Å². The highest BCUT2D eigenvalue weighted by atomic mass is 35.6. The minimum Gasteiger partial charge on any atom is -0.117 e. The molecule has 0 saturated carbocycles. The van der Waals surface area contributed by atoms with Crippen LogP contribution in [0, 0.1) is 0 Å². The van der Waals surface area contributed by atoms with Crippen LogP contribution in [0.15, 0.2) is 0 Å². The average Bonchev–Trinajstić information content (AvgIpc) is 2.15. The average molecular weight is 465 g/mol. The highest BCUT2D eigenvalue weighted by molar-refractivity contribution is 6.74. The minimum absolute atomic E-state index is 1.18. The molecule has 0 fully saturated rings. The summed E-state index contributed by atoms with van der Waals surface area (Å²) in [5.41, 5.74) is 0. The Hall–Kier alpha value is 3.19. The van der Waals surface area contributed by atoms with Crippen molar-refractivity contribution in [3.63, 3.8) is 0 Å². The number of alkyl halides is 11. The summed E-state index contributed by atoms with van der Waals surface area (Å²) in [6.07, 6.45) is 0. The Bertz CT molecular complexity index is 257. The molecule has 0 bridgehead atoms. The molecule has 0 aromatic heterocycles. The van der Waals surface area contributed by atoms with Gasteiger partial charge in [0, 0.05) is 0 Å². The summed E-state index contributed by atoms with van der Waals surface area (Å²) >= 11 is 63.3. The molecular weight excluding hydrogens is 462 g/mol. The molecule has 11 heteroatoms. The molecule has 0 aromatic rings. The summed E-state index contributed by atoms with van der Waals surface area (Å²) in [5, 5.41) is -1.28. The predicted molar refractivity (Wildman–Crippen MR) is 83.9 cm³/mol. The van der Waals surface area contributed by atoms with E-state index in [0.717, 1.165) is 0 Å². The van der Waals surface area contributed by atoms with E-state index in [4.69, 9.17) is 128 Å². The summed E-state index contributed by atoms with van der Waals surface area (Å²) in [4.78, 5) is -2.58. The molecule has 0 aliphatic carbocycles. The van der Waals surface area contributed by atoms with E-state index in [1.54, 1.807) is 0 Å². The summed E-state index contributed by atoms with van der Waals surface area (Å²) in [7, 11) is 0. The Morgan fingerprint density at radius 2 is 0.941 bits per heavy atom. The summed E-state index contributed by atoms with van der Waals surface area (Å²) in [6, 6.07) is 0. The molecule has 104 valence electrons. The van der Waals surface area contributed by atoms with Crippen molar-refractivity contribution in [2.45, 2.75) is 28.0 Å². The SMILES string of the molecule is ClC(Cl)C(Cl)C(Cl)(Cl)C(Cl)(Cl)C(Cl)(Cl)C(Cl)Cl. The zero-order chi connectivity index (χ0) is 14.2. The van der Waals surface area contributed by atoms with Gasteiger partial charge in [0.25, 0.3) is 0 Å². The van der Waals surface area contributed by atoms with E-state index >= 15 is 0 Å².